The van der Waals surface area contributed by atoms with Gasteiger partial charge in [-0.3, -0.25) is 9.59 Å². The Hall–Kier alpha value is -4.53. The molecule has 2 amide bonds. The third-order valence-electron chi connectivity index (χ3n) is 7.53. The van der Waals surface area contributed by atoms with Crippen molar-refractivity contribution in [1.82, 2.24) is 15.3 Å². The summed E-state index contributed by atoms with van der Waals surface area (Å²) in [6, 6.07) is 20.5. The van der Waals surface area contributed by atoms with Gasteiger partial charge < -0.3 is 20.5 Å². The minimum Gasteiger partial charge on any atom is -0.372 e. The summed E-state index contributed by atoms with van der Waals surface area (Å²) in [6.07, 6.45) is 2.44. The topological polar surface area (TPSA) is 115 Å². The van der Waals surface area contributed by atoms with Crippen molar-refractivity contribution in [3.63, 3.8) is 0 Å². The lowest BCUT2D eigenvalue weighted by Crippen LogP contribution is -2.44. The third-order valence-corrected chi connectivity index (χ3v) is 7.53. The van der Waals surface area contributed by atoms with Crippen LogP contribution in [0.25, 0.3) is 22.4 Å². The second kappa shape index (κ2) is 10.3. The molecule has 2 aliphatic heterocycles. The fourth-order valence-corrected chi connectivity index (χ4v) is 5.24. The zero-order chi connectivity index (χ0) is 26.9. The Balaban J connectivity index is 1.12. The van der Waals surface area contributed by atoms with Gasteiger partial charge in [0.15, 0.2) is 0 Å². The number of azo groups is 1. The molecule has 198 valence electrons. The Morgan fingerprint density at radius 1 is 0.846 bits per heavy atom. The van der Waals surface area contributed by atoms with E-state index in [1.165, 1.54) is 12.8 Å². The lowest BCUT2D eigenvalue weighted by Gasteiger charge is -2.18. The number of anilines is 2. The van der Waals surface area contributed by atoms with Crippen molar-refractivity contribution in [2.45, 2.75) is 44.8 Å². The van der Waals surface area contributed by atoms with Crippen molar-refractivity contribution in [1.29, 1.82) is 0 Å². The highest BCUT2D eigenvalue weighted by Crippen LogP contribution is 2.25. The van der Waals surface area contributed by atoms with Crippen LogP contribution in [0.15, 0.2) is 77.0 Å². The molecule has 0 spiro atoms. The summed E-state index contributed by atoms with van der Waals surface area (Å²) in [6.45, 7) is 6.05. The number of fused-ring (bicyclic) bond motifs is 1. The third kappa shape index (κ3) is 5.12. The van der Waals surface area contributed by atoms with Gasteiger partial charge in [-0.2, -0.15) is 10.2 Å². The molecule has 39 heavy (non-hydrogen) atoms. The van der Waals surface area contributed by atoms with Crippen LogP contribution in [0.4, 0.5) is 11.4 Å². The number of amides is 2. The SMILES string of the molecule is CC1N=NC(C)C1NC(=O)c1ccc(-c2nc3ccc(NC(=O)c4ccc(N5CCCC5)cc4)cc3[nH]2)cc1. The molecule has 2 aliphatic rings. The Morgan fingerprint density at radius 2 is 1.49 bits per heavy atom. The molecule has 3 aromatic carbocycles. The van der Waals surface area contributed by atoms with Gasteiger partial charge >= 0.3 is 0 Å². The Kier molecular flexibility index (Phi) is 6.56. The van der Waals surface area contributed by atoms with E-state index in [1.807, 2.05) is 68.4 Å². The van der Waals surface area contributed by atoms with Crippen LogP contribution in [0.3, 0.4) is 0 Å². The van der Waals surface area contributed by atoms with Crippen molar-refractivity contribution in [2.24, 2.45) is 10.2 Å². The second-order valence-corrected chi connectivity index (χ2v) is 10.3. The summed E-state index contributed by atoms with van der Waals surface area (Å²) in [5.74, 6) is 0.390. The molecule has 4 aromatic rings. The average Bonchev–Trinajstić information content (AvgIpc) is 3.71. The Morgan fingerprint density at radius 3 is 2.18 bits per heavy atom. The molecule has 1 fully saturated rings. The van der Waals surface area contributed by atoms with Crippen molar-refractivity contribution in [2.75, 3.05) is 23.3 Å². The standard InChI is InChI=1S/C30H31N7O2/c1-18-27(19(2)36-35-18)34-30(39)21-7-5-20(6-8-21)28-32-25-14-11-23(17-26(25)33-28)31-29(38)22-9-12-24(13-10-22)37-15-3-4-16-37/h5-14,17-19,27H,3-4,15-16H2,1-2H3,(H,31,38)(H,32,33)(H,34,39). The van der Waals surface area contributed by atoms with Crippen LogP contribution in [0.1, 0.15) is 47.4 Å². The summed E-state index contributed by atoms with van der Waals surface area (Å²) in [7, 11) is 0. The molecule has 9 heteroatoms. The molecule has 3 heterocycles. The number of nitrogens with zero attached hydrogens (tertiary/aromatic N) is 4. The van der Waals surface area contributed by atoms with Crippen molar-refractivity contribution in [3.8, 4) is 11.4 Å². The molecule has 3 N–H and O–H groups in total. The zero-order valence-electron chi connectivity index (χ0n) is 22.0. The minimum atomic E-state index is -0.153. The number of hydrogen-bond acceptors (Lipinski definition) is 6. The van der Waals surface area contributed by atoms with E-state index >= 15 is 0 Å². The predicted molar refractivity (Wildman–Crippen MR) is 152 cm³/mol. The van der Waals surface area contributed by atoms with Crippen LogP contribution in [0, 0.1) is 0 Å². The van der Waals surface area contributed by atoms with Gasteiger partial charge in [0.2, 0.25) is 0 Å². The molecule has 1 saturated heterocycles. The van der Waals surface area contributed by atoms with Crippen molar-refractivity contribution in [3.05, 3.63) is 77.9 Å². The number of benzene rings is 3. The maximum Gasteiger partial charge on any atom is 0.255 e. The molecule has 6 rings (SSSR count). The fourth-order valence-electron chi connectivity index (χ4n) is 5.24. The smallest absolute Gasteiger partial charge is 0.255 e. The number of rotatable bonds is 6. The fraction of sp³-hybridized carbons (Fsp3) is 0.300. The molecule has 0 bridgehead atoms. The van der Waals surface area contributed by atoms with Crippen LogP contribution in [-0.2, 0) is 0 Å². The number of nitrogens with one attached hydrogen (secondary N) is 3. The lowest BCUT2D eigenvalue weighted by molar-refractivity contribution is 0.0930. The van der Waals surface area contributed by atoms with Crippen molar-refractivity contribution < 1.29 is 9.59 Å². The molecular formula is C30H31N7O2. The molecule has 2 unspecified atom stereocenters. The average molecular weight is 522 g/mol. The molecule has 2 atom stereocenters. The summed E-state index contributed by atoms with van der Waals surface area (Å²) >= 11 is 0. The van der Waals surface area contributed by atoms with Crippen LogP contribution in [-0.4, -0.2) is 53.0 Å². The molecule has 0 saturated carbocycles. The van der Waals surface area contributed by atoms with E-state index in [4.69, 9.17) is 0 Å². The summed E-state index contributed by atoms with van der Waals surface area (Å²) in [5.41, 5.74) is 5.50. The lowest BCUT2D eigenvalue weighted by atomic mass is 10.0. The zero-order valence-corrected chi connectivity index (χ0v) is 22.0. The van der Waals surface area contributed by atoms with Gasteiger partial charge in [0.25, 0.3) is 11.8 Å². The Labute approximate surface area is 226 Å². The van der Waals surface area contributed by atoms with Crippen LogP contribution < -0.4 is 15.5 Å². The van der Waals surface area contributed by atoms with Crippen LogP contribution in [0.5, 0.6) is 0 Å². The molecule has 0 aliphatic carbocycles. The quantitative estimate of drug-likeness (QED) is 0.314. The highest BCUT2D eigenvalue weighted by Gasteiger charge is 2.30. The number of aromatic amines is 1. The monoisotopic (exact) mass is 521 g/mol. The van der Waals surface area contributed by atoms with Gasteiger partial charge in [0, 0.05) is 41.2 Å². The van der Waals surface area contributed by atoms with E-state index in [9.17, 15) is 9.59 Å². The van der Waals surface area contributed by atoms with E-state index in [0.29, 0.717) is 22.6 Å². The first-order chi connectivity index (χ1) is 18.9. The predicted octanol–water partition coefficient (Wildman–Crippen LogP) is 5.42. The van der Waals surface area contributed by atoms with Crippen LogP contribution >= 0.6 is 0 Å². The number of aromatic nitrogens is 2. The molecule has 1 aromatic heterocycles. The van der Waals surface area contributed by atoms with Gasteiger partial charge in [0.1, 0.15) is 5.82 Å². The van der Waals surface area contributed by atoms with E-state index < -0.39 is 0 Å². The Bertz CT molecular complexity index is 1520. The van der Waals surface area contributed by atoms with E-state index in [-0.39, 0.29) is 29.9 Å². The van der Waals surface area contributed by atoms with Gasteiger partial charge in [-0.15, -0.1) is 0 Å². The summed E-state index contributed by atoms with van der Waals surface area (Å²) in [4.78, 5) is 35.9. The second-order valence-electron chi connectivity index (χ2n) is 10.3. The molecule has 9 nitrogen and oxygen atoms in total. The van der Waals surface area contributed by atoms with E-state index in [1.54, 1.807) is 12.1 Å². The largest absolute Gasteiger partial charge is 0.372 e. The number of hydrogen-bond donors (Lipinski definition) is 3. The van der Waals surface area contributed by atoms with E-state index in [2.05, 4.69) is 35.7 Å². The van der Waals surface area contributed by atoms with Gasteiger partial charge in [-0.1, -0.05) is 12.1 Å². The van der Waals surface area contributed by atoms with Gasteiger partial charge in [-0.05, 0) is 81.3 Å². The number of imidazole rings is 1. The van der Waals surface area contributed by atoms with Crippen LogP contribution in [0.2, 0.25) is 0 Å². The number of H-pyrrole nitrogens is 1. The molecular weight excluding hydrogens is 490 g/mol. The van der Waals surface area contributed by atoms with Gasteiger partial charge in [-0.25, -0.2) is 4.98 Å². The maximum absolute atomic E-state index is 12.8. The number of carbonyl (C=O) groups excluding carboxylic acids is 2. The minimum absolute atomic E-state index is 0.0335. The maximum atomic E-state index is 12.8. The first kappa shape index (κ1) is 24.8. The summed E-state index contributed by atoms with van der Waals surface area (Å²) in [5, 5.41) is 14.3. The number of carbonyl (C=O) groups is 2. The van der Waals surface area contributed by atoms with Crippen molar-refractivity contribution >= 4 is 34.2 Å². The first-order valence-corrected chi connectivity index (χ1v) is 13.4. The highest BCUT2D eigenvalue weighted by molar-refractivity contribution is 6.05. The summed E-state index contributed by atoms with van der Waals surface area (Å²) < 4.78 is 0. The highest BCUT2D eigenvalue weighted by atomic mass is 16.2. The first-order valence-electron chi connectivity index (χ1n) is 13.4. The molecule has 0 radical (unpaired) electrons. The van der Waals surface area contributed by atoms with Gasteiger partial charge in [0.05, 0.1) is 29.2 Å². The normalized spacial score (nSPS) is 20.5. The van der Waals surface area contributed by atoms with E-state index in [0.717, 1.165) is 35.4 Å².